The van der Waals surface area contributed by atoms with Crippen LogP contribution in [0.2, 0.25) is 10.0 Å². The topological polar surface area (TPSA) is 72.3 Å². The van der Waals surface area contributed by atoms with E-state index in [0.717, 1.165) is 44.2 Å². The number of carbonyl (C=O) groups excluding carboxylic acids is 3. The molecule has 0 unspecified atom stereocenters. The number of ketones is 2. The van der Waals surface area contributed by atoms with E-state index in [9.17, 15) is 14.4 Å². The number of nitrogens with zero attached hydrogens (tertiary/aromatic N) is 3. The molecule has 2 aromatic rings. The summed E-state index contributed by atoms with van der Waals surface area (Å²) >= 11 is 12.7. The molecule has 3 saturated carbocycles. The van der Waals surface area contributed by atoms with E-state index >= 15 is 0 Å². The average Bonchev–Trinajstić information content (AvgIpc) is 3.24. The van der Waals surface area contributed by atoms with Crippen LogP contribution in [0.5, 0.6) is 0 Å². The molecule has 0 bridgehead atoms. The van der Waals surface area contributed by atoms with Crippen LogP contribution >= 0.6 is 23.2 Å². The molecule has 204 valence electrons. The molecule has 1 amide bonds. The highest BCUT2D eigenvalue weighted by molar-refractivity contribution is 6.40. The number of aromatic nitrogens is 2. The minimum Gasteiger partial charge on any atom is -0.328 e. The van der Waals surface area contributed by atoms with Gasteiger partial charge in [-0.2, -0.15) is 5.10 Å². The summed E-state index contributed by atoms with van der Waals surface area (Å²) in [6.07, 6.45) is 6.76. The second-order valence-electron chi connectivity index (χ2n) is 12.5. The van der Waals surface area contributed by atoms with Gasteiger partial charge in [-0.05, 0) is 81.8 Å². The second-order valence-corrected chi connectivity index (χ2v) is 13.4. The zero-order valence-corrected chi connectivity index (χ0v) is 24.4. The molecule has 1 heterocycles. The summed E-state index contributed by atoms with van der Waals surface area (Å²) in [5.74, 6) is 0.959. The van der Waals surface area contributed by atoms with Crippen molar-refractivity contribution in [2.75, 3.05) is 6.54 Å². The van der Waals surface area contributed by atoms with Crippen LogP contribution in [0.25, 0.3) is 0 Å². The lowest BCUT2D eigenvalue weighted by molar-refractivity contribution is -0.127. The third kappa shape index (κ3) is 4.62. The number of benzene rings is 1. The molecule has 1 aromatic carbocycles. The molecule has 0 N–H and O–H groups in total. The number of rotatable bonds is 7. The molecule has 3 fully saturated rings. The van der Waals surface area contributed by atoms with Crippen LogP contribution in [0.1, 0.15) is 98.7 Å². The van der Waals surface area contributed by atoms with Gasteiger partial charge in [-0.15, -0.1) is 0 Å². The Bertz CT molecular complexity index is 1260. The first kappa shape index (κ1) is 27.4. The molecule has 3 aliphatic rings. The molecule has 0 spiro atoms. The third-order valence-corrected chi connectivity index (χ3v) is 10.8. The third-order valence-electron chi connectivity index (χ3n) is 10.1. The normalized spacial score (nSPS) is 29.6. The van der Waals surface area contributed by atoms with E-state index in [4.69, 9.17) is 23.2 Å². The molecule has 0 radical (unpaired) electrons. The molecule has 5 rings (SSSR count). The van der Waals surface area contributed by atoms with Crippen LogP contribution in [0.15, 0.2) is 24.4 Å². The van der Waals surface area contributed by atoms with Crippen molar-refractivity contribution in [3.05, 3.63) is 51.3 Å². The molecule has 6 nitrogen and oxygen atoms in total. The molecular weight excluding hydrogens is 521 g/mol. The first-order valence-corrected chi connectivity index (χ1v) is 14.4. The highest BCUT2D eigenvalue weighted by Crippen LogP contribution is 2.67. The molecular formula is C30H37Cl2N3O3. The van der Waals surface area contributed by atoms with Crippen LogP contribution in [-0.2, 0) is 4.79 Å². The fourth-order valence-electron chi connectivity index (χ4n) is 7.09. The lowest BCUT2D eigenvalue weighted by Crippen LogP contribution is -2.43. The van der Waals surface area contributed by atoms with Gasteiger partial charge in [-0.3, -0.25) is 19.1 Å². The van der Waals surface area contributed by atoms with Gasteiger partial charge in [0.05, 0.1) is 40.0 Å². The minimum atomic E-state index is -0.273. The monoisotopic (exact) mass is 557 g/mol. The highest BCUT2D eigenvalue weighted by Gasteiger charge is 2.63. The average molecular weight is 559 g/mol. The largest absolute Gasteiger partial charge is 0.328 e. The van der Waals surface area contributed by atoms with Crippen molar-refractivity contribution < 1.29 is 14.4 Å². The van der Waals surface area contributed by atoms with Crippen LogP contribution in [0, 0.1) is 29.6 Å². The standard InChI is InChI=1S/C30H37Cl2N3O3/c1-17-21(15-33-35(17)19-9-11-30(5,12-10-19)18(2)36)28(38)34(20-13-22-23(14-20)29(22,3)4)16-26(37)27-24(31)7-6-8-25(27)32/h6-8,15,19-20,22-23H,9-14,16H2,1-5H3/t19-,20-,22+,23-,30-. The lowest BCUT2D eigenvalue weighted by Gasteiger charge is -2.36. The molecule has 1 aromatic heterocycles. The summed E-state index contributed by atoms with van der Waals surface area (Å²) in [6, 6.07) is 5.15. The molecule has 38 heavy (non-hydrogen) atoms. The summed E-state index contributed by atoms with van der Waals surface area (Å²) in [7, 11) is 0. The Morgan fingerprint density at radius 1 is 1.05 bits per heavy atom. The van der Waals surface area contributed by atoms with Gasteiger partial charge in [-0.25, -0.2) is 0 Å². The Hall–Kier alpha value is -2.18. The summed E-state index contributed by atoms with van der Waals surface area (Å²) in [4.78, 5) is 41.4. The predicted octanol–water partition coefficient (Wildman–Crippen LogP) is 6.97. The first-order valence-electron chi connectivity index (χ1n) is 13.7. The smallest absolute Gasteiger partial charge is 0.257 e. The predicted molar refractivity (Wildman–Crippen MR) is 149 cm³/mol. The highest BCUT2D eigenvalue weighted by atomic mass is 35.5. The van der Waals surface area contributed by atoms with E-state index < -0.39 is 0 Å². The van der Waals surface area contributed by atoms with Crippen molar-refractivity contribution in [1.29, 1.82) is 0 Å². The number of fused-ring (bicyclic) bond motifs is 1. The molecule has 3 aliphatic carbocycles. The van der Waals surface area contributed by atoms with Crippen LogP contribution in [0.3, 0.4) is 0 Å². The van der Waals surface area contributed by atoms with E-state index in [1.807, 2.05) is 18.5 Å². The van der Waals surface area contributed by atoms with Crippen molar-refractivity contribution in [3.8, 4) is 0 Å². The first-order chi connectivity index (χ1) is 17.8. The van der Waals surface area contributed by atoms with Crippen LogP contribution in [0.4, 0.5) is 0 Å². The lowest BCUT2D eigenvalue weighted by atomic mass is 9.71. The van der Waals surface area contributed by atoms with Gasteiger partial charge in [0.25, 0.3) is 5.91 Å². The van der Waals surface area contributed by atoms with Crippen molar-refractivity contribution in [2.24, 2.45) is 22.7 Å². The number of halogens is 2. The van der Waals surface area contributed by atoms with E-state index in [2.05, 4.69) is 18.9 Å². The summed E-state index contributed by atoms with van der Waals surface area (Å²) in [5, 5.41) is 5.22. The number of hydrogen-bond donors (Lipinski definition) is 0. The van der Waals surface area contributed by atoms with E-state index in [1.54, 1.807) is 36.2 Å². The van der Waals surface area contributed by atoms with Crippen molar-refractivity contribution in [1.82, 2.24) is 14.7 Å². The number of amides is 1. The Balaban J connectivity index is 1.39. The Kier molecular flexibility index (Phi) is 7.05. The number of Topliss-reactive ketones (excluding diaryl/α,β-unsaturated/α-hetero) is 2. The van der Waals surface area contributed by atoms with Gasteiger partial charge >= 0.3 is 0 Å². The quantitative estimate of drug-likeness (QED) is 0.344. The fraction of sp³-hybridized carbons (Fsp3) is 0.600. The number of hydrogen-bond acceptors (Lipinski definition) is 4. The van der Waals surface area contributed by atoms with Gasteiger partial charge < -0.3 is 4.90 Å². The van der Waals surface area contributed by atoms with Crippen molar-refractivity contribution in [2.45, 2.75) is 85.2 Å². The van der Waals surface area contributed by atoms with E-state index in [1.165, 1.54) is 0 Å². The second kappa shape index (κ2) is 9.78. The molecule has 0 saturated heterocycles. The van der Waals surface area contributed by atoms with Crippen molar-refractivity contribution >= 4 is 40.7 Å². The van der Waals surface area contributed by atoms with E-state index in [-0.39, 0.29) is 47.1 Å². The maximum atomic E-state index is 14.1. The Morgan fingerprint density at radius 3 is 2.18 bits per heavy atom. The van der Waals surface area contributed by atoms with Crippen LogP contribution < -0.4 is 0 Å². The fourth-order valence-corrected chi connectivity index (χ4v) is 7.70. The molecule has 8 heteroatoms. The zero-order valence-electron chi connectivity index (χ0n) is 22.9. The Labute approximate surface area is 235 Å². The van der Waals surface area contributed by atoms with Gasteiger partial charge in [0.2, 0.25) is 0 Å². The van der Waals surface area contributed by atoms with Gasteiger partial charge in [-0.1, -0.05) is 50.0 Å². The number of carbonyl (C=O) groups is 3. The maximum absolute atomic E-state index is 14.1. The van der Waals surface area contributed by atoms with Crippen molar-refractivity contribution in [3.63, 3.8) is 0 Å². The van der Waals surface area contributed by atoms with Gasteiger partial charge in [0, 0.05) is 17.2 Å². The summed E-state index contributed by atoms with van der Waals surface area (Å²) in [6.45, 7) is 10.2. The molecule has 0 aliphatic heterocycles. The van der Waals surface area contributed by atoms with Gasteiger partial charge in [0.1, 0.15) is 5.78 Å². The van der Waals surface area contributed by atoms with E-state index in [0.29, 0.717) is 32.9 Å². The summed E-state index contributed by atoms with van der Waals surface area (Å²) < 4.78 is 1.95. The van der Waals surface area contributed by atoms with Crippen LogP contribution in [-0.4, -0.2) is 44.7 Å². The maximum Gasteiger partial charge on any atom is 0.257 e. The zero-order chi connectivity index (χ0) is 27.6. The SMILES string of the molecule is Cc1c(C(=O)N(CC(=O)c2c(Cl)cccc2Cl)[C@H]2C[C@@H]3[C@H](C2)C3(C)C)cnn1[C@H]1CC[C@](C)(C(C)=O)CC1. The molecule has 3 atom stereocenters. The minimum absolute atomic E-state index is 0.00977. The van der Waals surface area contributed by atoms with Gasteiger partial charge in [0.15, 0.2) is 5.78 Å². The Morgan fingerprint density at radius 2 is 1.63 bits per heavy atom. The summed E-state index contributed by atoms with van der Waals surface area (Å²) in [5.41, 5.74) is 1.63.